The van der Waals surface area contributed by atoms with Crippen molar-refractivity contribution in [3.05, 3.63) is 70.6 Å². The molecule has 0 atom stereocenters. The van der Waals surface area contributed by atoms with Crippen molar-refractivity contribution in [2.24, 2.45) is 0 Å². The molecule has 0 bridgehead atoms. The Morgan fingerprint density at radius 2 is 0.906 bits per heavy atom. The van der Waals surface area contributed by atoms with Crippen LogP contribution in [0.5, 0.6) is 5.75 Å². The number of aliphatic hydroxyl groups is 2. The number of rotatable bonds is 7. The van der Waals surface area contributed by atoms with Crippen molar-refractivity contribution in [1.82, 2.24) is 9.80 Å². The summed E-state index contributed by atoms with van der Waals surface area (Å²) in [6.45, 7) is 14.4. The third kappa shape index (κ3) is 11.6. The molecule has 0 radical (unpaired) electrons. The summed E-state index contributed by atoms with van der Waals surface area (Å²) in [6, 6.07) is 8.79. The Hall–Kier alpha value is -1.21. The predicted octanol–water partition coefficient (Wildman–Crippen LogP) is 4.16. The zero-order valence-corrected chi connectivity index (χ0v) is 23.4. The number of phenols is 1. The summed E-state index contributed by atoms with van der Waals surface area (Å²) in [6.07, 6.45) is 0. The quantitative estimate of drug-likeness (QED) is 0.409. The minimum absolute atomic E-state index is 0. The summed E-state index contributed by atoms with van der Waals surface area (Å²) in [5.41, 5.74) is 8.71. The summed E-state index contributed by atoms with van der Waals surface area (Å²) in [7, 11) is 6.35. The molecule has 5 nitrogen and oxygen atoms in total. The fraction of sp³-hybridized carbons (Fsp3) is 0.500. The number of benzene rings is 2. The average molecular weight is 482 g/mol. The maximum absolute atomic E-state index is 9.92. The monoisotopic (exact) mass is 481 g/mol. The van der Waals surface area contributed by atoms with Crippen molar-refractivity contribution in [2.45, 2.75) is 47.7 Å². The van der Waals surface area contributed by atoms with E-state index in [-0.39, 0.29) is 29.1 Å². The van der Waals surface area contributed by atoms with Crippen molar-refractivity contribution in [1.29, 1.82) is 0 Å². The summed E-state index contributed by atoms with van der Waals surface area (Å²) >= 11 is 0. The Balaban J connectivity index is -0.00000132. The molecule has 0 aliphatic rings. The normalized spacial score (nSPS) is 9.78. The Bertz CT molecular complexity index is 670. The van der Waals surface area contributed by atoms with E-state index in [0.29, 0.717) is 5.75 Å². The number of aromatic hydroxyl groups is 1. The Morgan fingerprint density at radius 3 is 1.22 bits per heavy atom. The molecule has 2 rings (SSSR count). The zero-order chi connectivity index (χ0) is 23.4. The molecule has 6 heteroatoms. The zero-order valence-electron chi connectivity index (χ0n) is 21.9. The standard InChI is InChI=1S/C23H34N2O.2CH4O.CH3.Ti/c1-16-10-21(11-17(2)20(16)5)14-24(6)8-9-25(7)15-22-12-18(3)23(26)19(4)13-22;2*1-2;;/h10-13,26H,8-9,14-15H2,1-7H3;2*2H,1H3;1H3;/q;;;-1;. The van der Waals surface area contributed by atoms with Crippen LogP contribution in [0.2, 0.25) is 0 Å². The van der Waals surface area contributed by atoms with E-state index in [0.717, 1.165) is 51.5 Å². The Labute approximate surface area is 212 Å². The van der Waals surface area contributed by atoms with Crippen LogP contribution < -0.4 is 0 Å². The van der Waals surface area contributed by atoms with Crippen LogP contribution >= 0.6 is 0 Å². The van der Waals surface area contributed by atoms with E-state index in [9.17, 15) is 5.11 Å². The molecule has 0 unspecified atom stereocenters. The largest absolute Gasteiger partial charge is 0.507 e. The summed E-state index contributed by atoms with van der Waals surface area (Å²) in [5, 5.41) is 23.9. The van der Waals surface area contributed by atoms with Gasteiger partial charge in [0.05, 0.1) is 0 Å². The molecule has 32 heavy (non-hydrogen) atoms. The second kappa shape index (κ2) is 18.2. The Morgan fingerprint density at radius 1 is 0.625 bits per heavy atom. The van der Waals surface area contributed by atoms with E-state index in [2.05, 4.69) is 68.9 Å². The van der Waals surface area contributed by atoms with Gasteiger partial charge in [-0.1, -0.05) is 24.3 Å². The molecule has 0 fully saturated rings. The Kier molecular flexibility index (Phi) is 20.2. The second-order valence-corrected chi connectivity index (χ2v) is 7.91. The van der Waals surface area contributed by atoms with Gasteiger partial charge in [0.25, 0.3) is 0 Å². The van der Waals surface area contributed by atoms with Crippen LogP contribution in [0.4, 0.5) is 0 Å². The molecule has 0 aromatic heterocycles. The summed E-state index contributed by atoms with van der Waals surface area (Å²) in [5.74, 6) is 0.417. The number of hydrogen-bond donors (Lipinski definition) is 3. The van der Waals surface area contributed by atoms with Gasteiger partial charge in [0.1, 0.15) is 5.75 Å². The molecule has 0 saturated heterocycles. The number of phenolic OH excluding ortho intramolecular Hbond substituents is 1. The fourth-order valence-electron chi connectivity index (χ4n) is 3.48. The van der Waals surface area contributed by atoms with Gasteiger partial charge in [-0.05, 0) is 87.7 Å². The smallest absolute Gasteiger partial charge is 0.121 e. The number of aliphatic hydroxyl groups excluding tert-OH is 2. The fourth-order valence-corrected chi connectivity index (χ4v) is 3.48. The molecule has 0 spiro atoms. The first-order chi connectivity index (χ1) is 14.2. The molecule has 0 aliphatic carbocycles. The molecule has 0 amide bonds. The van der Waals surface area contributed by atoms with Crippen molar-refractivity contribution < 1.29 is 37.0 Å². The SMILES string of the molecule is CO.CO.Cc1cc(CN(C)CCN(C)Cc2cc(C)c(O)c(C)c2)cc(C)c1C.[CH3-].[Ti]. The van der Waals surface area contributed by atoms with Crippen LogP contribution in [0, 0.1) is 42.0 Å². The van der Waals surface area contributed by atoms with Gasteiger partial charge in [-0.15, -0.1) is 0 Å². The van der Waals surface area contributed by atoms with Gasteiger partial charge in [0.15, 0.2) is 0 Å². The van der Waals surface area contributed by atoms with Crippen molar-refractivity contribution in [3.63, 3.8) is 0 Å². The minimum Gasteiger partial charge on any atom is -0.507 e. The first kappa shape index (κ1) is 35.4. The summed E-state index contributed by atoms with van der Waals surface area (Å²) in [4.78, 5) is 4.72. The van der Waals surface area contributed by atoms with Crippen LogP contribution in [0.3, 0.4) is 0 Å². The average Bonchev–Trinajstić information content (AvgIpc) is 2.71. The van der Waals surface area contributed by atoms with Crippen LogP contribution in [-0.2, 0) is 34.8 Å². The van der Waals surface area contributed by atoms with E-state index >= 15 is 0 Å². The molecular weight excluding hydrogens is 436 g/mol. The molecular formula is C26H45N2O3Ti-. The first-order valence-electron chi connectivity index (χ1n) is 10.3. The molecule has 2 aromatic rings. The van der Waals surface area contributed by atoms with E-state index in [1.165, 1.54) is 27.8 Å². The maximum Gasteiger partial charge on any atom is 0.121 e. The van der Waals surface area contributed by atoms with Gasteiger partial charge in [0.2, 0.25) is 0 Å². The van der Waals surface area contributed by atoms with E-state index in [1.807, 2.05) is 13.8 Å². The van der Waals surface area contributed by atoms with Crippen LogP contribution in [0.25, 0.3) is 0 Å². The van der Waals surface area contributed by atoms with Gasteiger partial charge in [-0.3, -0.25) is 0 Å². The van der Waals surface area contributed by atoms with Crippen molar-refractivity contribution in [3.8, 4) is 5.75 Å². The summed E-state index contributed by atoms with van der Waals surface area (Å²) < 4.78 is 0. The van der Waals surface area contributed by atoms with E-state index < -0.39 is 0 Å². The van der Waals surface area contributed by atoms with Gasteiger partial charge in [-0.25, -0.2) is 0 Å². The van der Waals surface area contributed by atoms with Gasteiger partial charge >= 0.3 is 0 Å². The van der Waals surface area contributed by atoms with Crippen molar-refractivity contribution in [2.75, 3.05) is 41.4 Å². The third-order valence-electron chi connectivity index (χ3n) is 5.31. The number of likely N-dealkylation sites (N-methyl/N-ethyl adjacent to an activating group) is 2. The number of aryl methyl sites for hydroxylation is 4. The maximum atomic E-state index is 9.92. The van der Waals surface area contributed by atoms with Gasteiger partial charge in [-0.2, -0.15) is 0 Å². The second-order valence-electron chi connectivity index (χ2n) is 7.91. The van der Waals surface area contributed by atoms with E-state index in [4.69, 9.17) is 10.2 Å². The van der Waals surface area contributed by atoms with Crippen LogP contribution in [0.1, 0.15) is 38.9 Å². The van der Waals surface area contributed by atoms with Gasteiger partial charge in [0, 0.05) is 62.1 Å². The van der Waals surface area contributed by atoms with E-state index in [1.54, 1.807) is 0 Å². The number of hydrogen-bond acceptors (Lipinski definition) is 5. The molecule has 0 aliphatic heterocycles. The third-order valence-corrected chi connectivity index (χ3v) is 5.31. The first-order valence-corrected chi connectivity index (χ1v) is 10.3. The molecule has 0 saturated carbocycles. The van der Waals surface area contributed by atoms with Crippen LogP contribution in [-0.4, -0.2) is 66.5 Å². The number of nitrogens with zero attached hydrogens (tertiary/aromatic N) is 2. The molecule has 2 aromatic carbocycles. The molecule has 3 N–H and O–H groups in total. The van der Waals surface area contributed by atoms with Crippen molar-refractivity contribution >= 4 is 0 Å². The topological polar surface area (TPSA) is 67.2 Å². The van der Waals surface area contributed by atoms with Crippen LogP contribution in [0.15, 0.2) is 24.3 Å². The molecule has 182 valence electrons. The predicted molar refractivity (Wildman–Crippen MR) is 134 cm³/mol. The minimum atomic E-state index is 0. The van der Waals surface area contributed by atoms with Gasteiger partial charge < -0.3 is 32.5 Å². The molecule has 0 heterocycles.